The molecule has 0 unspecified atom stereocenters. The van der Waals surface area contributed by atoms with E-state index in [1.807, 2.05) is 0 Å². The van der Waals surface area contributed by atoms with Gasteiger partial charge in [-0.05, 0) is 38.5 Å². The molecule has 0 saturated carbocycles. The highest BCUT2D eigenvalue weighted by atomic mass is 32.2. The molecule has 0 atom stereocenters. The molecule has 2 N–H and O–H groups in total. The summed E-state index contributed by atoms with van der Waals surface area (Å²) in [6.07, 6.45) is 0. The molecule has 168 valence electrons. The van der Waals surface area contributed by atoms with Crippen molar-refractivity contribution in [3.63, 3.8) is 0 Å². The second-order valence-electron chi connectivity index (χ2n) is 6.35. The van der Waals surface area contributed by atoms with E-state index < -0.39 is 11.8 Å². The number of rotatable bonds is 9. The highest BCUT2D eigenvalue weighted by molar-refractivity contribution is 8.01. The average molecular weight is 495 g/mol. The molecule has 0 saturated heterocycles. The lowest BCUT2D eigenvalue weighted by molar-refractivity contribution is -0.113. The minimum atomic E-state index is -0.593. The third-order valence-corrected chi connectivity index (χ3v) is 7.33. The van der Waals surface area contributed by atoms with Crippen LogP contribution in [0.3, 0.4) is 0 Å². The number of ether oxygens (including phenoxy) is 1. The summed E-state index contributed by atoms with van der Waals surface area (Å²) in [4.78, 5) is 37.1. The number of hydrogen-bond acceptors (Lipinski definition) is 10. The van der Waals surface area contributed by atoms with Gasteiger partial charge in [0, 0.05) is 0 Å². The third-order valence-electron chi connectivity index (χ3n) is 4.05. The Morgan fingerprint density at radius 2 is 1.94 bits per heavy atom. The van der Waals surface area contributed by atoms with Crippen LogP contribution in [0.5, 0.6) is 0 Å². The molecule has 0 radical (unpaired) electrons. The lowest BCUT2D eigenvalue weighted by atomic mass is 10.1. The van der Waals surface area contributed by atoms with Gasteiger partial charge in [0.25, 0.3) is 0 Å². The number of benzene rings is 1. The number of hydrogen-bond donors (Lipinski definition) is 2. The second kappa shape index (κ2) is 10.7. The molecule has 3 aromatic rings. The molecule has 1 amide bonds. The Hall–Kier alpha value is -2.83. The van der Waals surface area contributed by atoms with Gasteiger partial charge in [-0.1, -0.05) is 35.2 Å². The lowest BCUT2D eigenvalue weighted by Gasteiger charge is -2.06. The zero-order chi connectivity index (χ0) is 23.3. The smallest absolute Gasteiger partial charge is 0.341 e. The van der Waals surface area contributed by atoms with Gasteiger partial charge in [-0.25, -0.2) is 9.18 Å². The quantitative estimate of drug-likeness (QED) is 0.246. The molecule has 0 bridgehead atoms. The van der Waals surface area contributed by atoms with Gasteiger partial charge in [0.15, 0.2) is 10.1 Å². The first-order valence-electron chi connectivity index (χ1n) is 9.39. The van der Waals surface area contributed by atoms with Crippen LogP contribution in [0.15, 0.2) is 28.6 Å². The number of aromatic nitrogens is 2. The van der Waals surface area contributed by atoms with E-state index in [-0.39, 0.29) is 40.3 Å². The van der Waals surface area contributed by atoms with Crippen molar-refractivity contribution in [1.82, 2.24) is 10.2 Å². The Morgan fingerprint density at radius 3 is 2.62 bits per heavy atom. The number of halogens is 1. The van der Waals surface area contributed by atoms with Crippen LogP contribution in [0.2, 0.25) is 0 Å². The maximum Gasteiger partial charge on any atom is 0.341 e. The maximum absolute atomic E-state index is 13.7. The molecule has 0 spiro atoms. The normalized spacial score (nSPS) is 10.6. The average Bonchev–Trinajstić information content (AvgIpc) is 3.32. The number of thiophene rings is 1. The van der Waals surface area contributed by atoms with Crippen LogP contribution in [-0.4, -0.2) is 40.2 Å². The van der Waals surface area contributed by atoms with Crippen LogP contribution in [0.4, 0.5) is 20.2 Å². The molecule has 12 heteroatoms. The zero-order valence-corrected chi connectivity index (χ0v) is 19.8. The number of amides is 1. The van der Waals surface area contributed by atoms with E-state index in [0.717, 1.165) is 23.1 Å². The molecule has 2 heterocycles. The molecule has 3 rings (SSSR count). The van der Waals surface area contributed by atoms with Crippen molar-refractivity contribution in [3.05, 3.63) is 46.1 Å². The van der Waals surface area contributed by atoms with Gasteiger partial charge in [0.2, 0.25) is 11.0 Å². The molecule has 2 aromatic heterocycles. The zero-order valence-electron chi connectivity index (χ0n) is 17.4. The lowest BCUT2D eigenvalue weighted by Crippen LogP contribution is -2.16. The Morgan fingerprint density at radius 1 is 1.19 bits per heavy atom. The van der Waals surface area contributed by atoms with Gasteiger partial charge in [0.1, 0.15) is 10.8 Å². The van der Waals surface area contributed by atoms with E-state index in [9.17, 15) is 18.8 Å². The number of esters is 1. The third kappa shape index (κ3) is 5.69. The summed E-state index contributed by atoms with van der Waals surface area (Å²) < 4.78 is 19.3. The van der Waals surface area contributed by atoms with Crippen molar-refractivity contribution in [2.75, 3.05) is 23.0 Å². The van der Waals surface area contributed by atoms with Gasteiger partial charge in [-0.2, -0.15) is 0 Å². The minimum Gasteiger partial charge on any atom is -0.462 e. The Balaban J connectivity index is 1.65. The summed E-state index contributed by atoms with van der Waals surface area (Å²) in [5, 5.41) is 14.1. The summed E-state index contributed by atoms with van der Waals surface area (Å²) in [7, 11) is 0. The number of carbonyl (C=O) groups excluding carboxylic acids is 3. The first kappa shape index (κ1) is 23.8. The van der Waals surface area contributed by atoms with Crippen molar-refractivity contribution < 1.29 is 23.5 Å². The topological polar surface area (TPSA) is 110 Å². The molecule has 0 fully saturated rings. The van der Waals surface area contributed by atoms with E-state index in [1.54, 1.807) is 32.0 Å². The van der Waals surface area contributed by atoms with E-state index in [0.29, 0.717) is 19.9 Å². The van der Waals surface area contributed by atoms with Crippen LogP contribution in [0.25, 0.3) is 0 Å². The summed E-state index contributed by atoms with van der Waals surface area (Å²) >= 11 is 3.37. The molecule has 0 aliphatic heterocycles. The molecule has 1 aromatic carbocycles. The standard InChI is InChI=1S/C20H19FN4O4S3/c1-4-29-18(28)15-10(2)16(11(3)26)31-17(15)23-14(27)9-30-20-25-24-19(32-20)22-13-8-6-5-7-12(13)21/h5-8H,4,9H2,1-3H3,(H,22,24)(H,23,27). The number of nitrogens with zero attached hydrogens (tertiary/aromatic N) is 2. The predicted molar refractivity (Wildman–Crippen MR) is 124 cm³/mol. The van der Waals surface area contributed by atoms with Crippen molar-refractivity contribution >= 4 is 67.9 Å². The second-order valence-corrected chi connectivity index (χ2v) is 9.57. The number of anilines is 3. The monoisotopic (exact) mass is 494 g/mol. The van der Waals surface area contributed by atoms with Crippen LogP contribution in [0.1, 0.15) is 39.4 Å². The van der Waals surface area contributed by atoms with Crippen molar-refractivity contribution in [2.24, 2.45) is 0 Å². The predicted octanol–water partition coefficient (Wildman–Crippen LogP) is 4.90. The highest BCUT2D eigenvalue weighted by Crippen LogP contribution is 2.34. The van der Waals surface area contributed by atoms with E-state index in [4.69, 9.17) is 4.74 Å². The SMILES string of the molecule is CCOC(=O)c1c(NC(=O)CSc2nnc(Nc3ccccc3F)s2)sc(C(C)=O)c1C. The van der Waals surface area contributed by atoms with Crippen molar-refractivity contribution in [3.8, 4) is 0 Å². The molecule has 8 nitrogen and oxygen atoms in total. The maximum atomic E-state index is 13.7. The van der Waals surface area contributed by atoms with Crippen LogP contribution in [0, 0.1) is 12.7 Å². The van der Waals surface area contributed by atoms with Gasteiger partial charge >= 0.3 is 5.97 Å². The fourth-order valence-electron chi connectivity index (χ4n) is 2.67. The summed E-state index contributed by atoms with van der Waals surface area (Å²) in [5.41, 5.74) is 0.948. The van der Waals surface area contributed by atoms with Crippen LogP contribution < -0.4 is 10.6 Å². The Labute approximate surface area is 195 Å². The van der Waals surface area contributed by atoms with Crippen molar-refractivity contribution in [2.45, 2.75) is 25.1 Å². The summed E-state index contributed by atoms with van der Waals surface area (Å²) in [5.74, 6) is -1.58. The number of ketones is 1. The largest absolute Gasteiger partial charge is 0.462 e. The van der Waals surface area contributed by atoms with E-state index >= 15 is 0 Å². The van der Waals surface area contributed by atoms with Gasteiger partial charge in [0.05, 0.1) is 28.5 Å². The van der Waals surface area contributed by atoms with E-state index in [2.05, 4.69) is 20.8 Å². The Kier molecular flexibility index (Phi) is 7.94. The van der Waals surface area contributed by atoms with Crippen LogP contribution >= 0.6 is 34.4 Å². The van der Waals surface area contributed by atoms with E-state index in [1.165, 1.54) is 24.3 Å². The number of Topliss-reactive ketones (excluding diaryl/α,β-unsaturated/α-hetero) is 1. The minimum absolute atomic E-state index is 0.00293. The number of para-hydroxylation sites is 1. The Bertz CT molecular complexity index is 1160. The molecular weight excluding hydrogens is 475 g/mol. The summed E-state index contributed by atoms with van der Waals surface area (Å²) in [6, 6.07) is 6.19. The summed E-state index contributed by atoms with van der Waals surface area (Å²) in [6.45, 7) is 4.90. The van der Waals surface area contributed by atoms with Crippen molar-refractivity contribution in [1.29, 1.82) is 0 Å². The van der Waals surface area contributed by atoms with Gasteiger partial charge in [-0.15, -0.1) is 21.5 Å². The molecule has 0 aliphatic carbocycles. The molecular formula is C20H19FN4O4S3. The fraction of sp³-hybridized carbons (Fsp3) is 0.250. The number of thioether (sulfide) groups is 1. The number of nitrogens with one attached hydrogen (secondary N) is 2. The number of carbonyl (C=O) groups is 3. The van der Waals surface area contributed by atoms with Gasteiger partial charge < -0.3 is 15.4 Å². The molecule has 32 heavy (non-hydrogen) atoms. The van der Waals surface area contributed by atoms with Gasteiger partial charge in [-0.3, -0.25) is 9.59 Å². The fourth-order valence-corrected chi connectivity index (χ4v) is 5.34. The first-order valence-corrected chi connectivity index (χ1v) is 12.0. The first-order chi connectivity index (χ1) is 15.3. The highest BCUT2D eigenvalue weighted by Gasteiger charge is 2.25. The van der Waals surface area contributed by atoms with Crippen LogP contribution in [-0.2, 0) is 9.53 Å². The molecule has 0 aliphatic rings.